The third-order valence-corrected chi connectivity index (χ3v) is 5.77. The van der Waals surface area contributed by atoms with E-state index in [2.05, 4.69) is 4.98 Å². The molecular formula is C12H14ClN3O2S2. The maximum absolute atomic E-state index is 12.5. The minimum absolute atomic E-state index is 0.134. The van der Waals surface area contributed by atoms with Gasteiger partial charge in [0.2, 0.25) is 10.0 Å². The Hall–Kier alpha value is -1.15. The smallest absolute Gasteiger partial charge is 0.243 e. The van der Waals surface area contributed by atoms with Crippen LogP contribution in [-0.4, -0.2) is 24.8 Å². The van der Waals surface area contributed by atoms with Crippen LogP contribution in [0.4, 0.5) is 5.69 Å². The number of sulfonamides is 1. The molecule has 108 valence electrons. The zero-order valence-electron chi connectivity index (χ0n) is 11.0. The Labute approximate surface area is 127 Å². The van der Waals surface area contributed by atoms with Gasteiger partial charge in [-0.2, -0.15) is 4.31 Å². The van der Waals surface area contributed by atoms with Gasteiger partial charge in [-0.3, -0.25) is 0 Å². The summed E-state index contributed by atoms with van der Waals surface area (Å²) in [6.45, 7) is 1.94. The van der Waals surface area contributed by atoms with Crippen molar-refractivity contribution in [1.29, 1.82) is 0 Å². The van der Waals surface area contributed by atoms with Gasteiger partial charge in [0.05, 0.1) is 33.4 Å². The Morgan fingerprint density at radius 2 is 2.15 bits per heavy atom. The second-order valence-corrected chi connectivity index (χ2v) is 7.53. The molecule has 0 bridgehead atoms. The average molecular weight is 332 g/mol. The van der Waals surface area contributed by atoms with Gasteiger partial charge in [0.15, 0.2) is 0 Å². The second kappa shape index (κ2) is 5.69. The van der Waals surface area contributed by atoms with Gasteiger partial charge < -0.3 is 5.73 Å². The number of nitrogens with two attached hydrogens (primary N) is 1. The number of halogens is 1. The van der Waals surface area contributed by atoms with Crippen LogP contribution in [0.5, 0.6) is 0 Å². The number of hydrogen-bond donors (Lipinski definition) is 1. The van der Waals surface area contributed by atoms with E-state index in [4.69, 9.17) is 17.3 Å². The van der Waals surface area contributed by atoms with Gasteiger partial charge in [-0.15, -0.1) is 11.3 Å². The van der Waals surface area contributed by atoms with Crippen molar-refractivity contribution in [3.05, 3.63) is 39.3 Å². The van der Waals surface area contributed by atoms with Crippen LogP contribution in [0.25, 0.3) is 0 Å². The van der Waals surface area contributed by atoms with E-state index in [0.717, 1.165) is 0 Å². The molecule has 8 heteroatoms. The van der Waals surface area contributed by atoms with Gasteiger partial charge in [-0.25, -0.2) is 13.4 Å². The summed E-state index contributed by atoms with van der Waals surface area (Å²) in [5.41, 5.74) is 8.99. The Balaban J connectivity index is 2.35. The number of rotatable bonds is 4. The molecule has 1 aromatic carbocycles. The molecule has 0 amide bonds. The minimum Gasteiger partial charge on any atom is -0.397 e. The van der Waals surface area contributed by atoms with Crippen molar-refractivity contribution in [2.45, 2.75) is 18.4 Å². The molecule has 1 aromatic heterocycles. The number of anilines is 1. The molecule has 0 aliphatic carbocycles. The lowest BCUT2D eigenvalue weighted by Gasteiger charge is -2.17. The van der Waals surface area contributed by atoms with Gasteiger partial charge in [-0.1, -0.05) is 11.6 Å². The summed E-state index contributed by atoms with van der Waals surface area (Å²) in [5, 5.41) is 2.19. The fourth-order valence-corrected chi connectivity index (χ4v) is 3.64. The lowest BCUT2D eigenvalue weighted by atomic mass is 10.2. The van der Waals surface area contributed by atoms with Crippen LogP contribution in [0.1, 0.15) is 11.3 Å². The topological polar surface area (TPSA) is 76.3 Å². The molecule has 0 aliphatic rings. The molecule has 0 saturated heterocycles. The molecule has 0 saturated carbocycles. The van der Waals surface area contributed by atoms with E-state index < -0.39 is 10.0 Å². The summed E-state index contributed by atoms with van der Waals surface area (Å²) in [7, 11) is -2.11. The zero-order valence-corrected chi connectivity index (χ0v) is 13.4. The number of nitrogen functional groups attached to an aromatic ring is 1. The van der Waals surface area contributed by atoms with Gasteiger partial charge in [0, 0.05) is 12.4 Å². The molecule has 2 aromatic rings. The van der Waals surface area contributed by atoms with Crippen LogP contribution in [-0.2, 0) is 16.6 Å². The molecule has 5 nitrogen and oxygen atoms in total. The molecule has 0 spiro atoms. The highest BCUT2D eigenvalue weighted by molar-refractivity contribution is 7.89. The second-order valence-electron chi connectivity index (χ2n) is 4.38. The number of aromatic nitrogens is 1. The van der Waals surface area contributed by atoms with E-state index >= 15 is 0 Å². The van der Waals surface area contributed by atoms with Crippen molar-refractivity contribution in [3.8, 4) is 0 Å². The summed E-state index contributed by atoms with van der Waals surface area (Å²) in [5.74, 6) is 0. The molecular weight excluding hydrogens is 318 g/mol. The maximum atomic E-state index is 12.5. The van der Waals surface area contributed by atoms with Crippen LogP contribution in [0, 0.1) is 6.92 Å². The van der Waals surface area contributed by atoms with E-state index in [1.54, 1.807) is 12.4 Å². The number of benzene rings is 1. The van der Waals surface area contributed by atoms with E-state index in [0.29, 0.717) is 16.3 Å². The number of thiazole rings is 1. The van der Waals surface area contributed by atoms with Gasteiger partial charge >= 0.3 is 0 Å². The molecule has 2 rings (SSSR count). The Kier molecular flexibility index (Phi) is 4.33. The Morgan fingerprint density at radius 3 is 2.70 bits per heavy atom. The van der Waals surface area contributed by atoms with Crippen LogP contribution in [0.15, 0.2) is 27.9 Å². The summed E-state index contributed by atoms with van der Waals surface area (Å²) in [6, 6.07) is 2.90. The highest BCUT2D eigenvalue weighted by Gasteiger charge is 2.23. The summed E-state index contributed by atoms with van der Waals surface area (Å²) >= 11 is 7.38. The van der Waals surface area contributed by atoms with E-state index in [9.17, 15) is 8.42 Å². The van der Waals surface area contributed by atoms with Crippen molar-refractivity contribution < 1.29 is 8.42 Å². The molecule has 20 heavy (non-hydrogen) atoms. The third-order valence-electron chi connectivity index (χ3n) is 2.83. The standard InChI is InChI=1S/C12H14ClN3O2S2/c1-8-3-10(4-11(14)12(8)13)20(17,18)16(2)5-9-6-19-7-15-9/h3-4,6-7H,5,14H2,1-2H3. The summed E-state index contributed by atoms with van der Waals surface area (Å²) < 4.78 is 26.2. The molecule has 2 N–H and O–H groups in total. The SMILES string of the molecule is Cc1cc(S(=O)(=O)N(C)Cc2cscn2)cc(N)c1Cl. The normalized spacial score (nSPS) is 12.0. The first kappa shape index (κ1) is 15.2. The molecule has 0 radical (unpaired) electrons. The minimum atomic E-state index is -3.62. The highest BCUT2D eigenvalue weighted by Crippen LogP contribution is 2.28. The molecule has 0 fully saturated rings. The largest absolute Gasteiger partial charge is 0.397 e. The quantitative estimate of drug-likeness (QED) is 0.873. The van der Waals surface area contributed by atoms with E-state index in [1.165, 1.54) is 34.8 Å². The molecule has 0 unspecified atom stereocenters. The Morgan fingerprint density at radius 1 is 1.45 bits per heavy atom. The third kappa shape index (κ3) is 2.95. The summed E-state index contributed by atoms with van der Waals surface area (Å²) in [4.78, 5) is 4.21. The van der Waals surface area contributed by atoms with Crippen LogP contribution in [0.2, 0.25) is 5.02 Å². The fourth-order valence-electron chi connectivity index (χ4n) is 1.72. The highest BCUT2D eigenvalue weighted by atomic mass is 35.5. The predicted octanol–water partition coefficient (Wildman–Crippen LogP) is 2.51. The molecule has 0 atom stereocenters. The van der Waals surface area contributed by atoms with Crippen molar-refractivity contribution in [3.63, 3.8) is 0 Å². The van der Waals surface area contributed by atoms with Crippen molar-refractivity contribution in [2.24, 2.45) is 0 Å². The van der Waals surface area contributed by atoms with Crippen molar-refractivity contribution in [2.75, 3.05) is 12.8 Å². The number of aryl methyl sites for hydroxylation is 1. The van der Waals surface area contributed by atoms with Crippen molar-refractivity contribution >= 4 is 38.6 Å². The van der Waals surface area contributed by atoms with E-state index in [-0.39, 0.29) is 17.1 Å². The van der Waals surface area contributed by atoms with Crippen LogP contribution < -0.4 is 5.73 Å². The average Bonchev–Trinajstić information content (AvgIpc) is 2.88. The first-order valence-corrected chi connectivity index (χ1v) is 8.47. The lowest BCUT2D eigenvalue weighted by Crippen LogP contribution is -2.26. The lowest BCUT2D eigenvalue weighted by molar-refractivity contribution is 0.463. The maximum Gasteiger partial charge on any atom is 0.243 e. The van der Waals surface area contributed by atoms with Crippen molar-refractivity contribution in [1.82, 2.24) is 9.29 Å². The first-order valence-electron chi connectivity index (χ1n) is 5.71. The van der Waals surface area contributed by atoms with Crippen LogP contribution >= 0.6 is 22.9 Å². The number of hydrogen-bond acceptors (Lipinski definition) is 5. The van der Waals surface area contributed by atoms with Gasteiger partial charge in [-0.05, 0) is 24.6 Å². The Bertz CT molecular complexity index is 691. The fraction of sp³-hybridized carbons (Fsp3) is 0.250. The monoisotopic (exact) mass is 331 g/mol. The van der Waals surface area contributed by atoms with Gasteiger partial charge in [0.1, 0.15) is 0 Å². The summed E-state index contributed by atoms with van der Waals surface area (Å²) in [6.07, 6.45) is 0. The number of nitrogens with zero attached hydrogens (tertiary/aromatic N) is 2. The van der Waals surface area contributed by atoms with Gasteiger partial charge in [0.25, 0.3) is 0 Å². The van der Waals surface area contributed by atoms with E-state index in [1.807, 2.05) is 5.38 Å². The molecule has 1 heterocycles. The first-order chi connectivity index (χ1) is 9.32. The predicted molar refractivity (Wildman–Crippen MR) is 81.4 cm³/mol. The zero-order chi connectivity index (χ0) is 14.9. The van der Waals surface area contributed by atoms with Crippen LogP contribution in [0.3, 0.4) is 0 Å². The molecule has 0 aliphatic heterocycles.